The van der Waals surface area contributed by atoms with Gasteiger partial charge >= 0.3 is 0 Å². The first-order valence-corrected chi connectivity index (χ1v) is 5.89. The summed E-state index contributed by atoms with van der Waals surface area (Å²) in [5, 5.41) is 3.37. The lowest BCUT2D eigenvalue weighted by Crippen LogP contribution is -2.27. The molecule has 0 radical (unpaired) electrons. The Kier molecular flexibility index (Phi) is 5.67. The number of rotatable bonds is 5. The molecule has 0 saturated heterocycles. The van der Waals surface area contributed by atoms with Crippen molar-refractivity contribution in [3.8, 4) is 11.8 Å². The zero-order valence-corrected chi connectivity index (χ0v) is 10.5. The van der Waals surface area contributed by atoms with Gasteiger partial charge in [0.15, 0.2) is 0 Å². The van der Waals surface area contributed by atoms with Gasteiger partial charge in [-0.15, -0.1) is 11.8 Å². The molecule has 1 rings (SSSR count). The van der Waals surface area contributed by atoms with Gasteiger partial charge in [0.25, 0.3) is 0 Å². The summed E-state index contributed by atoms with van der Waals surface area (Å²) in [7, 11) is 2.03. The Labute approximate surface area is 99.3 Å². The van der Waals surface area contributed by atoms with Gasteiger partial charge in [0.2, 0.25) is 0 Å². The van der Waals surface area contributed by atoms with Crippen LogP contribution >= 0.6 is 0 Å². The van der Waals surface area contributed by atoms with Crippen molar-refractivity contribution in [1.29, 1.82) is 0 Å². The van der Waals surface area contributed by atoms with Gasteiger partial charge in [0.1, 0.15) is 0 Å². The molecule has 0 aliphatic carbocycles. The molecule has 1 unspecified atom stereocenters. The Balaban J connectivity index is 2.55. The minimum atomic E-state index is 0.530. The van der Waals surface area contributed by atoms with Crippen LogP contribution in [0.15, 0.2) is 24.3 Å². The van der Waals surface area contributed by atoms with Gasteiger partial charge in [-0.2, -0.15) is 0 Å². The van der Waals surface area contributed by atoms with E-state index in [0.29, 0.717) is 6.04 Å². The highest BCUT2D eigenvalue weighted by molar-refractivity contribution is 5.26. The summed E-state index contributed by atoms with van der Waals surface area (Å²) in [6.07, 6.45) is 3.19. The van der Waals surface area contributed by atoms with Crippen molar-refractivity contribution in [2.75, 3.05) is 7.05 Å². The second-order valence-electron chi connectivity index (χ2n) is 4.08. The van der Waals surface area contributed by atoms with Crippen LogP contribution < -0.4 is 5.32 Å². The topological polar surface area (TPSA) is 12.0 Å². The first kappa shape index (κ1) is 12.8. The molecular weight excluding hydrogens is 194 g/mol. The Morgan fingerprint density at radius 3 is 2.69 bits per heavy atom. The van der Waals surface area contributed by atoms with Gasteiger partial charge in [-0.05, 0) is 44.9 Å². The summed E-state index contributed by atoms with van der Waals surface area (Å²) in [6.45, 7) is 4.07. The second kappa shape index (κ2) is 7.09. The number of nitrogens with one attached hydrogen (secondary N) is 1. The Hall–Kier alpha value is -1.26. The molecule has 0 aliphatic heterocycles. The van der Waals surface area contributed by atoms with E-state index in [1.807, 2.05) is 14.0 Å². The quantitative estimate of drug-likeness (QED) is 0.745. The Morgan fingerprint density at radius 2 is 2.06 bits per heavy atom. The molecule has 86 valence electrons. The van der Waals surface area contributed by atoms with E-state index in [9.17, 15) is 0 Å². The molecule has 1 nitrogen and oxygen atoms in total. The molecule has 1 aromatic rings. The van der Waals surface area contributed by atoms with Gasteiger partial charge in [0.05, 0.1) is 0 Å². The predicted octanol–water partition coefficient (Wildman–Crippen LogP) is 2.93. The zero-order valence-electron chi connectivity index (χ0n) is 10.5. The third-order valence-electron chi connectivity index (χ3n) is 2.93. The average Bonchev–Trinajstić information content (AvgIpc) is 2.30. The van der Waals surface area contributed by atoms with Crippen LogP contribution in [0, 0.1) is 18.8 Å². The van der Waals surface area contributed by atoms with Crippen molar-refractivity contribution >= 4 is 0 Å². The SMILES string of the molecule is CC#CCCC(Cc1ccccc1C)NC. The first-order chi connectivity index (χ1) is 7.77. The van der Waals surface area contributed by atoms with Crippen LogP contribution in [0.1, 0.15) is 30.9 Å². The molecule has 0 amide bonds. The minimum Gasteiger partial charge on any atom is -0.317 e. The summed E-state index contributed by atoms with van der Waals surface area (Å²) in [6, 6.07) is 9.12. The fourth-order valence-corrected chi connectivity index (χ4v) is 1.82. The highest BCUT2D eigenvalue weighted by Gasteiger charge is 2.07. The van der Waals surface area contributed by atoms with Crippen LogP contribution in [-0.4, -0.2) is 13.1 Å². The highest BCUT2D eigenvalue weighted by Crippen LogP contribution is 2.11. The Morgan fingerprint density at radius 1 is 1.31 bits per heavy atom. The van der Waals surface area contributed by atoms with Crippen molar-refractivity contribution in [3.63, 3.8) is 0 Å². The van der Waals surface area contributed by atoms with Crippen molar-refractivity contribution < 1.29 is 0 Å². The maximum absolute atomic E-state index is 3.37. The minimum absolute atomic E-state index is 0.530. The number of hydrogen-bond donors (Lipinski definition) is 1. The number of likely N-dealkylation sites (N-methyl/N-ethyl adjacent to an activating group) is 1. The number of benzene rings is 1. The van der Waals surface area contributed by atoms with Crippen LogP contribution in [0.3, 0.4) is 0 Å². The van der Waals surface area contributed by atoms with E-state index in [4.69, 9.17) is 0 Å². The third-order valence-corrected chi connectivity index (χ3v) is 2.93. The van der Waals surface area contributed by atoms with E-state index < -0.39 is 0 Å². The van der Waals surface area contributed by atoms with E-state index in [1.165, 1.54) is 11.1 Å². The molecule has 16 heavy (non-hydrogen) atoms. The lowest BCUT2D eigenvalue weighted by Gasteiger charge is -2.16. The van der Waals surface area contributed by atoms with Crippen LogP contribution in [0.5, 0.6) is 0 Å². The van der Waals surface area contributed by atoms with E-state index >= 15 is 0 Å². The molecule has 0 saturated carbocycles. The van der Waals surface area contributed by atoms with Gasteiger partial charge in [-0.1, -0.05) is 24.3 Å². The maximum Gasteiger partial charge on any atom is 0.0114 e. The third kappa shape index (κ3) is 4.08. The van der Waals surface area contributed by atoms with Gasteiger partial charge in [0, 0.05) is 12.5 Å². The second-order valence-corrected chi connectivity index (χ2v) is 4.08. The highest BCUT2D eigenvalue weighted by atomic mass is 14.9. The van der Waals surface area contributed by atoms with Crippen LogP contribution in [0.4, 0.5) is 0 Å². The van der Waals surface area contributed by atoms with E-state index in [-0.39, 0.29) is 0 Å². The fraction of sp³-hybridized carbons (Fsp3) is 0.467. The summed E-state index contributed by atoms with van der Waals surface area (Å²) >= 11 is 0. The number of aryl methyl sites for hydroxylation is 1. The molecule has 0 fully saturated rings. The predicted molar refractivity (Wildman–Crippen MR) is 70.4 cm³/mol. The standard InChI is InChI=1S/C15H21N/c1-4-5-6-11-15(16-3)12-14-10-8-7-9-13(14)2/h7-10,15-16H,6,11-12H2,1-3H3. The van der Waals surface area contributed by atoms with Crippen LogP contribution in [0.2, 0.25) is 0 Å². The van der Waals surface area contributed by atoms with Crippen molar-refractivity contribution in [2.24, 2.45) is 0 Å². The number of hydrogen-bond acceptors (Lipinski definition) is 1. The largest absolute Gasteiger partial charge is 0.317 e. The van der Waals surface area contributed by atoms with Crippen LogP contribution in [-0.2, 0) is 6.42 Å². The van der Waals surface area contributed by atoms with E-state index in [0.717, 1.165) is 19.3 Å². The molecule has 0 aromatic heterocycles. The van der Waals surface area contributed by atoms with E-state index in [2.05, 4.69) is 48.3 Å². The molecule has 0 bridgehead atoms. The van der Waals surface area contributed by atoms with Crippen molar-refractivity contribution in [3.05, 3.63) is 35.4 Å². The zero-order chi connectivity index (χ0) is 11.8. The van der Waals surface area contributed by atoms with Crippen molar-refractivity contribution in [1.82, 2.24) is 5.32 Å². The lowest BCUT2D eigenvalue weighted by molar-refractivity contribution is 0.527. The normalized spacial score (nSPS) is 11.7. The molecule has 0 heterocycles. The molecule has 1 heteroatoms. The Bertz CT molecular complexity index is 371. The molecule has 1 N–H and O–H groups in total. The summed E-state index contributed by atoms with van der Waals surface area (Å²) in [4.78, 5) is 0. The average molecular weight is 215 g/mol. The van der Waals surface area contributed by atoms with E-state index in [1.54, 1.807) is 0 Å². The summed E-state index contributed by atoms with van der Waals surface area (Å²) < 4.78 is 0. The molecular formula is C15H21N. The lowest BCUT2D eigenvalue weighted by atomic mass is 9.98. The monoisotopic (exact) mass is 215 g/mol. The summed E-state index contributed by atoms with van der Waals surface area (Å²) in [5.74, 6) is 6.07. The van der Waals surface area contributed by atoms with Crippen LogP contribution in [0.25, 0.3) is 0 Å². The fourth-order valence-electron chi connectivity index (χ4n) is 1.82. The van der Waals surface area contributed by atoms with Crippen molar-refractivity contribution in [2.45, 2.75) is 39.2 Å². The smallest absolute Gasteiger partial charge is 0.0114 e. The molecule has 1 aromatic carbocycles. The molecule has 1 atom stereocenters. The van der Waals surface area contributed by atoms with Gasteiger partial charge in [-0.25, -0.2) is 0 Å². The summed E-state index contributed by atoms with van der Waals surface area (Å²) in [5.41, 5.74) is 2.82. The first-order valence-electron chi connectivity index (χ1n) is 5.89. The van der Waals surface area contributed by atoms with Gasteiger partial charge < -0.3 is 5.32 Å². The molecule has 0 spiro atoms. The molecule has 0 aliphatic rings. The maximum atomic E-state index is 3.37. The van der Waals surface area contributed by atoms with Gasteiger partial charge in [-0.3, -0.25) is 0 Å².